The van der Waals surface area contributed by atoms with Crippen molar-refractivity contribution in [2.45, 2.75) is 54.5 Å². The molecule has 0 unspecified atom stereocenters. The van der Waals surface area contributed by atoms with Crippen molar-refractivity contribution >= 4 is 29.3 Å². The summed E-state index contributed by atoms with van der Waals surface area (Å²) in [6, 6.07) is 22.1. The molecule has 3 aliphatic heterocycles. The topological polar surface area (TPSA) is 48.0 Å². The third-order valence-electron chi connectivity index (χ3n) is 6.97. The van der Waals surface area contributed by atoms with Gasteiger partial charge in [-0.05, 0) is 60.9 Å². The molecule has 3 heterocycles. The van der Waals surface area contributed by atoms with Crippen molar-refractivity contribution in [3.8, 4) is 17.2 Å². The average Bonchev–Trinajstić information content (AvgIpc) is 3.44. The zero-order valence-electron chi connectivity index (χ0n) is 19.2. The highest BCUT2D eigenvalue weighted by atomic mass is 35.5. The number of rotatable bonds is 6. The predicted octanol–water partition coefficient (Wildman–Crippen LogP) is 6.58. The first-order valence-corrected chi connectivity index (χ1v) is 13.3. The van der Waals surface area contributed by atoms with Gasteiger partial charge < -0.3 is 19.1 Å². The van der Waals surface area contributed by atoms with Gasteiger partial charge in [0.25, 0.3) is 5.91 Å². The Kier molecular flexibility index (Phi) is 6.25. The van der Waals surface area contributed by atoms with Gasteiger partial charge in [0.2, 0.25) is 6.79 Å². The predicted molar refractivity (Wildman–Crippen MR) is 137 cm³/mol. The third kappa shape index (κ3) is 4.82. The summed E-state index contributed by atoms with van der Waals surface area (Å²) < 4.78 is 17.2. The van der Waals surface area contributed by atoms with Crippen LogP contribution in [-0.2, 0) is 5.75 Å². The molecule has 3 aromatic rings. The number of hydrogen-bond donors (Lipinski definition) is 0. The molecule has 0 saturated carbocycles. The Morgan fingerprint density at radius 2 is 1.74 bits per heavy atom. The Hall–Kier alpha value is -2.83. The largest absolute Gasteiger partial charge is 0.490 e. The number of benzene rings is 3. The lowest BCUT2D eigenvalue weighted by Crippen LogP contribution is -2.49. The van der Waals surface area contributed by atoms with Crippen LogP contribution in [0.25, 0.3) is 0 Å². The van der Waals surface area contributed by atoms with Crippen molar-refractivity contribution in [3.63, 3.8) is 0 Å². The fraction of sp³-hybridized carbons (Fsp3) is 0.321. The molecule has 0 aromatic heterocycles. The van der Waals surface area contributed by atoms with Crippen LogP contribution in [0.1, 0.15) is 41.6 Å². The quantitative estimate of drug-likeness (QED) is 0.353. The van der Waals surface area contributed by atoms with Crippen molar-refractivity contribution in [2.75, 3.05) is 6.79 Å². The summed E-state index contributed by atoms with van der Waals surface area (Å²) >= 11 is 7.82. The highest BCUT2D eigenvalue weighted by molar-refractivity contribution is 7.98. The Balaban J connectivity index is 1.07. The standard InChI is InChI=1S/C28H26ClNO4S/c29-20-2-1-3-25(12-20)35-16-18-4-6-19(7-5-18)28(31)30-21-8-9-22(30)14-24(13-21)34-23-10-11-26-27(15-23)33-17-32-26/h1-7,10-12,15,21-22,24H,8-9,13-14,16-17H2/t21-,22-/m0/s1. The SMILES string of the molecule is O=C(c1ccc(CSc2cccc(Cl)c2)cc1)N1[C@H]2CC[C@H]1CC(Oc1ccc3c(c1)OCO3)C2. The van der Waals surface area contributed by atoms with Crippen molar-refractivity contribution < 1.29 is 19.0 Å². The average molecular weight is 508 g/mol. The first kappa shape index (κ1) is 22.6. The second-order valence-corrected chi connectivity index (χ2v) is 10.8. The first-order valence-electron chi connectivity index (χ1n) is 12.0. The number of nitrogens with zero attached hydrogens (tertiary/aromatic N) is 1. The van der Waals surface area contributed by atoms with Crippen LogP contribution in [0.5, 0.6) is 17.2 Å². The van der Waals surface area contributed by atoms with Crippen molar-refractivity contribution in [1.29, 1.82) is 0 Å². The molecular weight excluding hydrogens is 482 g/mol. The minimum absolute atomic E-state index is 0.0998. The Morgan fingerprint density at radius 1 is 0.971 bits per heavy atom. The van der Waals surface area contributed by atoms with Crippen molar-refractivity contribution in [3.05, 3.63) is 82.9 Å². The highest BCUT2D eigenvalue weighted by Crippen LogP contribution is 2.40. The maximum atomic E-state index is 13.4. The molecule has 180 valence electrons. The number of amides is 1. The molecule has 3 aliphatic rings. The zero-order chi connectivity index (χ0) is 23.8. The van der Waals surface area contributed by atoms with Crippen LogP contribution < -0.4 is 14.2 Å². The zero-order valence-corrected chi connectivity index (χ0v) is 20.8. The summed E-state index contributed by atoms with van der Waals surface area (Å²) in [5, 5.41) is 0.746. The number of ether oxygens (including phenoxy) is 3. The number of hydrogen-bond acceptors (Lipinski definition) is 5. The molecule has 35 heavy (non-hydrogen) atoms. The number of halogens is 1. The summed E-state index contributed by atoms with van der Waals surface area (Å²) in [7, 11) is 0. The van der Waals surface area contributed by atoms with E-state index < -0.39 is 0 Å². The van der Waals surface area contributed by atoms with Gasteiger partial charge in [-0.2, -0.15) is 0 Å². The van der Waals surface area contributed by atoms with Crippen LogP contribution >= 0.6 is 23.4 Å². The molecule has 0 radical (unpaired) electrons. The van der Waals surface area contributed by atoms with E-state index in [1.807, 2.05) is 48.5 Å². The second kappa shape index (κ2) is 9.67. The van der Waals surface area contributed by atoms with Crippen molar-refractivity contribution in [1.82, 2.24) is 4.90 Å². The van der Waals surface area contributed by atoms with Gasteiger partial charge in [-0.3, -0.25) is 4.79 Å². The molecule has 6 rings (SSSR count). The summed E-state index contributed by atoms with van der Waals surface area (Å²) in [5.74, 6) is 3.25. The van der Waals surface area contributed by atoms with Gasteiger partial charge in [0.1, 0.15) is 11.9 Å². The lowest BCUT2D eigenvalue weighted by atomic mass is 9.98. The van der Waals surface area contributed by atoms with Crippen LogP contribution in [0.4, 0.5) is 0 Å². The summed E-state index contributed by atoms with van der Waals surface area (Å²) in [6.07, 6.45) is 3.87. The molecule has 3 aromatic carbocycles. The Bertz CT molecular complexity index is 1220. The number of carbonyl (C=O) groups is 1. The molecule has 1 amide bonds. The molecule has 2 saturated heterocycles. The van der Waals surface area contributed by atoms with Crippen LogP contribution in [-0.4, -0.2) is 35.8 Å². The van der Waals surface area contributed by atoms with Gasteiger partial charge in [-0.15, -0.1) is 11.8 Å². The number of thioether (sulfide) groups is 1. The Morgan fingerprint density at radius 3 is 2.51 bits per heavy atom. The maximum Gasteiger partial charge on any atom is 0.254 e. The van der Waals surface area contributed by atoms with Crippen LogP contribution in [0.3, 0.4) is 0 Å². The van der Waals surface area contributed by atoms with E-state index in [0.29, 0.717) is 0 Å². The van der Waals surface area contributed by atoms with Gasteiger partial charge in [-0.1, -0.05) is 29.8 Å². The van der Waals surface area contributed by atoms with Crippen LogP contribution in [0.2, 0.25) is 5.02 Å². The van der Waals surface area contributed by atoms with E-state index in [0.717, 1.165) is 64.2 Å². The van der Waals surface area contributed by atoms with E-state index in [4.69, 9.17) is 25.8 Å². The lowest BCUT2D eigenvalue weighted by molar-refractivity contribution is 0.0358. The minimum Gasteiger partial charge on any atom is -0.490 e. The lowest BCUT2D eigenvalue weighted by Gasteiger charge is -2.39. The summed E-state index contributed by atoms with van der Waals surface area (Å²) in [6.45, 7) is 0.255. The molecule has 2 bridgehead atoms. The van der Waals surface area contributed by atoms with E-state index in [9.17, 15) is 4.79 Å². The number of fused-ring (bicyclic) bond motifs is 3. The van der Waals surface area contributed by atoms with E-state index >= 15 is 0 Å². The first-order chi connectivity index (χ1) is 17.1. The van der Waals surface area contributed by atoms with Gasteiger partial charge in [0, 0.05) is 52.2 Å². The molecule has 2 atom stereocenters. The molecule has 0 spiro atoms. The van der Waals surface area contributed by atoms with E-state index in [1.165, 1.54) is 5.56 Å². The number of piperidine rings is 1. The van der Waals surface area contributed by atoms with Gasteiger partial charge in [0.05, 0.1) is 0 Å². The fourth-order valence-corrected chi connectivity index (χ4v) is 6.48. The van der Waals surface area contributed by atoms with Gasteiger partial charge in [-0.25, -0.2) is 0 Å². The molecule has 5 nitrogen and oxygen atoms in total. The van der Waals surface area contributed by atoms with Crippen LogP contribution in [0, 0.1) is 0 Å². The van der Waals surface area contributed by atoms with Crippen LogP contribution in [0.15, 0.2) is 71.6 Å². The monoisotopic (exact) mass is 507 g/mol. The van der Waals surface area contributed by atoms with E-state index in [1.54, 1.807) is 11.8 Å². The Labute approximate surface area is 214 Å². The minimum atomic E-state index is 0.0998. The summed E-state index contributed by atoms with van der Waals surface area (Å²) in [4.78, 5) is 16.7. The van der Waals surface area contributed by atoms with E-state index in [2.05, 4.69) is 23.1 Å². The second-order valence-electron chi connectivity index (χ2n) is 9.27. The van der Waals surface area contributed by atoms with Crippen molar-refractivity contribution in [2.24, 2.45) is 0 Å². The van der Waals surface area contributed by atoms with Gasteiger partial charge >= 0.3 is 0 Å². The molecular formula is C28H26ClNO4S. The molecule has 0 N–H and O–H groups in total. The van der Waals surface area contributed by atoms with E-state index in [-0.39, 0.29) is 30.9 Å². The molecule has 7 heteroatoms. The molecule has 0 aliphatic carbocycles. The highest BCUT2D eigenvalue weighted by Gasteiger charge is 2.44. The normalized spacial score (nSPS) is 22.3. The molecule has 2 fully saturated rings. The summed E-state index contributed by atoms with van der Waals surface area (Å²) in [5.41, 5.74) is 1.94. The third-order valence-corrected chi connectivity index (χ3v) is 8.27. The number of carbonyl (C=O) groups excluding carboxylic acids is 1. The fourth-order valence-electron chi connectivity index (χ4n) is 5.31. The smallest absolute Gasteiger partial charge is 0.254 e. The van der Waals surface area contributed by atoms with Gasteiger partial charge in [0.15, 0.2) is 11.5 Å². The maximum absolute atomic E-state index is 13.4.